The molecule has 0 aliphatic heterocycles. The van der Waals surface area contributed by atoms with Crippen molar-refractivity contribution in [3.05, 3.63) is 63.7 Å². The molecule has 0 aliphatic carbocycles. The van der Waals surface area contributed by atoms with Crippen molar-refractivity contribution in [1.29, 1.82) is 0 Å². The van der Waals surface area contributed by atoms with E-state index < -0.39 is 10.8 Å². The second kappa shape index (κ2) is 6.04. The first-order valence-corrected chi connectivity index (χ1v) is 6.40. The molecule has 0 heterocycles. The van der Waals surface area contributed by atoms with E-state index in [1.165, 1.54) is 18.2 Å². The third-order valence-corrected chi connectivity index (χ3v) is 3.10. The second-order valence-electron chi connectivity index (χ2n) is 4.39. The number of carbonyl (C=O) groups is 1. The van der Waals surface area contributed by atoms with E-state index >= 15 is 0 Å². The van der Waals surface area contributed by atoms with Crippen LogP contribution >= 0.6 is 0 Å². The molecule has 6 heteroatoms. The summed E-state index contributed by atoms with van der Waals surface area (Å²) in [7, 11) is 0. The molecule has 0 saturated heterocycles. The smallest absolute Gasteiger partial charge is 0.296 e. The van der Waals surface area contributed by atoms with Gasteiger partial charge in [0.2, 0.25) is 0 Å². The first-order chi connectivity index (χ1) is 10.0. The molecule has 6 nitrogen and oxygen atoms in total. The van der Waals surface area contributed by atoms with Crippen LogP contribution in [0.25, 0.3) is 0 Å². The van der Waals surface area contributed by atoms with Crippen LogP contribution < -0.4 is 5.32 Å². The molecule has 0 aromatic heterocycles. The molecule has 1 amide bonds. The van der Waals surface area contributed by atoms with Crippen LogP contribution in [0.1, 0.15) is 22.8 Å². The minimum absolute atomic E-state index is 0.196. The van der Waals surface area contributed by atoms with E-state index in [4.69, 9.17) is 0 Å². The van der Waals surface area contributed by atoms with E-state index in [2.05, 4.69) is 5.32 Å². The van der Waals surface area contributed by atoms with E-state index in [1.807, 2.05) is 19.1 Å². The molecule has 0 aliphatic rings. The molecule has 0 unspecified atom stereocenters. The van der Waals surface area contributed by atoms with E-state index in [-0.39, 0.29) is 17.1 Å². The molecule has 2 rings (SSSR count). The summed E-state index contributed by atoms with van der Waals surface area (Å²) < 4.78 is 0. The number of carbonyl (C=O) groups excluding carboxylic acids is 1. The molecule has 108 valence electrons. The summed E-state index contributed by atoms with van der Waals surface area (Å²) in [6.45, 7) is 1.91. The van der Waals surface area contributed by atoms with E-state index in [0.29, 0.717) is 12.0 Å². The number of nitrogens with one attached hydrogen (secondary N) is 1. The summed E-state index contributed by atoms with van der Waals surface area (Å²) in [5.41, 5.74) is 0.710. The molecular weight excluding hydrogens is 272 g/mol. The first-order valence-electron chi connectivity index (χ1n) is 6.40. The summed E-state index contributed by atoms with van der Waals surface area (Å²) in [5, 5.41) is 23.1. The highest BCUT2D eigenvalue weighted by Gasteiger charge is 2.20. The number of aryl methyl sites for hydroxylation is 1. The topological polar surface area (TPSA) is 92.5 Å². The fraction of sp³-hybridized carbons (Fsp3) is 0.133. The highest BCUT2D eigenvalue weighted by atomic mass is 16.6. The minimum atomic E-state index is -0.652. The van der Waals surface area contributed by atoms with Crippen LogP contribution in [0.3, 0.4) is 0 Å². The number of nitro groups is 1. The van der Waals surface area contributed by atoms with Gasteiger partial charge in [-0.25, -0.2) is 0 Å². The zero-order valence-corrected chi connectivity index (χ0v) is 11.4. The van der Waals surface area contributed by atoms with Crippen molar-refractivity contribution in [3.63, 3.8) is 0 Å². The molecule has 2 aromatic rings. The number of nitrogens with zero attached hydrogens (tertiary/aromatic N) is 1. The largest absolute Gasteiger partial charge is 0.505 e. The van der Waals surface area contributed by atoms with E-state index in [1.54, 1.807) is 12.1 Å². The minimum Gasteiger partial charge on any atom is -0.505 e. The van der Waals surface area contributed by atoms with Crippen LogP contribution in [-0.2, 0) is 6.42 Å². The molecule has 2 aromatic carbocycles. The monoisotopic (exact) mass is 286 g/mol. The maximum absolute atomic E-state index is 12.3. The number of hydrogen-bond acceptors (Lipinski definition) is 4. The number of amides is 1. The fourth-order valence-corrected chi connectivity index (χ4v) is 2.04. The number of para-hydroxylation sites is 1. The molecule has 0 fully saturated rings. The lowest BCUT2D eigenvalue weighted by Crippen LogP contribution is -2.15. The van der Waals surface area contributed by atoms with Gasteiger partial charge in [0.25, 0.3) is 11.6 Å². The number of rotatable bonds is 4. The second-order valence-corrected chi connectivity index (χ2v) is 4.39. The molecule has 2 N–H and O–H groups in total. The lowest BCUT2D eigenvalue weighted by atomic mass is 10.0. The van der Waals surface area contributed by atoms with Crippen molar-refractivity contribution < 1.29 is 14.8 Å². The zero-order valence-electron chi connectivity index (χ0n) is 11.4. The Hall–Kier alpha value is -2.89. The van der Waals surface area contributed by atoms with Crippen molar-refractivity contribution in [3.8, 4) is 5.75 Å². The van der Waals surface area contributed by atoms with E-state index in [0.717, 1.165) is 5.56 Å². The summed E-state index contributed by atoms with van der Waals surface area (Å²) in [4.78, 5) is 22.6. The summed E-state index contributed by atoms with van der Waals surface area (Å²) in [5.74, 6) is -0.830. The normalized spacial score (nSPS) is 10.1. The number of anilines is 1. The van der Waals surface area contributed by atoms with Crippen LogP contribution in [0.5, 0.6) is 5.75 Å². The van der Waals surface area contributed by atoms with Gasteiger partial charge in [-0.1, -0.05) is 31.2 Å². The van der Waals surface area contributed by atoms with Gasteiger partial charge in [-0.05, 0) is 24.1 Å². The predicted molar refractivity (Wildman–Crippen MR) is 78.5 cm³/mol. The lowest BCUT2D eigenvalue weighted by molar-refractivity contribution is -0.384. The average molecular weight is 286 g/mol. The number of nitro benzene ring substituents is 1. The van der Waals surface area contributed by atoms with Crippen molar-refractivity contribution in [2.75, 3.05) is 5.32 Å². The van der Waals surface area contributed by atoms with Gasteiger partial charge in [-0.2, -0.15) is 0 Å². The van der Waals surface area contributed by atoms with Crippen LogP contribution in [0.15, 0.2) is 42.5 Å². The predicted octanol–water partition coefficient (Wildman–Crippen LogP) is 3.12. The van der Waals surface area contributed by atoms with Crippen LogP contribution in [0.2, 0.25) is 0 Å². The highest BCUT2D eigenvalue weighted by Crippen LogP contribution is 2.33. The molecule has 0 bridgehead atoms. The third-order valence-electron chi connectivity index (χ3n) is 3.10. The van der Waals surface area contributed by atoms with Crippen molar-refractivity contribution in [2.45, 2.75) is 13.3 Å². The third kappa shape index (κ3) is 3.00. The molecular formula is C15H14N2O4. The van der Waals surface area contributed by atoms with Gasteiger partial charge in [0, 0.05) is 11.6 Å². The summed E-state index contributed by atoms with van der Waals surface area (Å²) >= 11 is 0. The van der Waals surface area contributed by atoms with Gasteiger partial charge in [-0.3, -0.25) is 14.9 Å². The Bertz CT molecular complexity index is 698. The quantitative estimate of drug-likeness (QED) is 0.513. The van der Waals surface area contributed by atoms with Crippen LogP contribution in [0.4, 0.5) is 11.4 Å². The Kier molecular flexibility index (Phi) is 4.18. The maximum atomic E-state index is 12.3. The molecule has 0 saturated carbocycles. The van der Waals surface area contributed by atoms with Crippen molar-refractivity contribution >= 4 is 17.3 Å². The Balaban J connectivity index is 2.38. The average Bonchev–Trinajstić information content (AvgIpc) is 2.48. The number of benzene rings is 2. The van der Waals surface area contributed by atoms with Gasteiger partial charge < -0.3 is 10.4 Å². The van der Waals surface area contributed by atoms with Gasteiger partial charge in [0.1, 0.15) is 5.75 Å². The zero-order chi connectivity index (χ0) is 15.4. The van der Waals surface area contributed by atoms with Gasteiger partial charge in [0.05, 0.1) is 4.92 Å². The molecule has 0 spiro atoms. The van der Waals surface area contributed by atoms with Crippen molar-refractivity contribution in [1.82, 2.24) is 0 Å². The Labute approximate surface area is 121 Å². The molecule has 21 heavy (non-hydrogen) atoms. The maximum Gasteiger partial charge on any atom is 0.296 e. The summed E-state index contributed by atoms with van der Waals surface area (Å²) in [6.07, 6.45) is 0.659. The van der Waals surface area contributed by atoms with Crippen LogP contribution in [-0.4, -0.2) is 15.9 Å². The SMILES string of the molecule is CCc1ccccc1C(=O)Nc1c(O)cccc1[N+](=O)[O-]. The lowest BCUT2D eigenvalue weighted by Gasteiger charge is -2.10. The van der Waals surface area contributed by atoms with Gasteiger partial charge >= 0.3 is 0 Å². The number of aromatic hydroxyl groups is 1. The van der Waals surface area contributed by atoms with Crippen molar-refractivity contribution in [2.24, 2.45) is 0 Å². The standard InChI is InChI=1S/C15H14N2O4/c1-2-10-6-3-4-7-11(10)15(19)16-14-12(17(20)21)8-5-9-13(14)18/h3-9,18H,2H2,1H3,(H,16,19). The Morgan fingerprint density at radius 3 is 2.62 bits per heavy atom. The first kappa shape index (κ1) is 14.5. The Morgan fingerprint density at radius 2 is 1.95 bits per heavy atom. The Morgan fingerprint density at radius 1 is 1.24 bits per heavy atom. The summed E-state index contributed by atoms with van der Waals surface area (Å²) in [6, 6.07) is 10.8. The molecule has 0 radical (unpaired) electrons. The number of hydrogen-bond donors (Lipinski definition) is 2. The molecule has 0 atom stereocenters. The van der Waals surface area contributed by atoms with Crippen LogP contribution in [0, 0.1) is 10.1 Å². The van der Waals surface area contributed by atoms with E-state index in [9.17, 15) is 20.0 Å². The number of phenols is 1. The fourth-order valence-electron chi connectivity index (χ4n) is 2.04. The van der Waals surface area contributed by atoms with Gasteiger partial charge in [-0.15, -0.1) is 0 Å². The highest BCUT2D eigenvalue weighted by molar-refractivity contribution is 6.07. The van der Waals surface area contributed by atoms with Gasteiger partial charge in [0.15, 0.2) is 5.69 Å². The number of phenolic OH excluding ortho intramolecular Hbond substituents is 1.